The van der Waals surface area contributed by atoms with Gasteiger partial charge in [0, 0.05) is 6.54 Å². The van der Waals surface area contributed by atoms with Crippen molar-refractivity contribution < 1.29 is 15.3 Å². The summed E-state index contributed by atoms with van der Waals surface area (Å²) in [7, 11) is 0. The molecule has 3 atom stereocenters. The number of aliphatic hydroxyl groups is 3. The number of hydrogen-bond acceptors (Lipinski definition) is 4. The van der Waals surface area contributed by atoms with E-state index in [1.807, 2.05) is 0 Å². The number of β-amino-alcohol motifs (C(OH)–C–C–N with tert-alkyl or cyclic N) is 1. The molecule has 9 heavy (non-hydrogen) atoms. The molecule has 0 aromatic carbocycles. The molecule has 0 spiro atoms. The zero-order valence-electron chi connectivity index (χ0n) is 4.99. The van der Waals surface area contributed by atoms with E-state index in [1.54, 1.807) is 0 Å². The first kappa shape index (κ1) is 6.95. The zero-order valence-corrected chi connectivity index (χ0v) is 4.99. The highest BCUT2D eigenvalue weighted by atomic mass is 16.3. The van der Waals surface area contributed by atoms with Crippen LogP contribution in [-0.4, -0.2) is 46.7 Å². The summed E-state index contributed by atoms with van der Waals surface area (Å²) in [4.78, 5) is 0. The second-order valence-electron chi connectivity index (χ2n) is 2.26. The molecule has 0 aromatic heterocycles. The van der Waals surface area contributed by atoms with E-state index < -0.39 is 12.2 Å². The van der Waals surface area contributed by atoms with Crippen molar-refractivity contribution in [3.8, 4) is 0 Å². The molecule has 1 heterocycles. The van der Waals surface area contributed by atoms with Crippen molar-refractivity contribution in [2.45, 2.75) is 18.2 Å². The van der Waals surface area contributed by atoms with Crippen LogP contribution in [0.2, 0.25) is 0 Å². The molecule has 1 aliphatic rings. The topological polar surface area (TPSA) is 72.7 Å². The van der Waals surface area contributed by atoms with E-state index in [-0.39, 0.29) is 12.6 Å². The van der Waals surface area contributed by atoms with Gasteiger partial charge < -0.3 is 20.6 Å². The fraction of sp³-hybridized carbons (Fsp3) is 1.00. The molecule has 0 aliphatic carbocycles. The highest BCUT2D eigenvalue weighted by molar-refractivity contribution is 4.89. The van der Waals surface area contributed by atoms with Crippen LogP contribution in [0.4, 0.5) is 0 Å². The summed E-state index contributed by atoms with van der Waals surface area (Å²) in [5, 5.41) is 29.1. The Morgan fingerprint density at radius 2 is 2.11 bits per heavy atom. The maximum atomic E-state index is 8.98. The largest absolute Gasteiger partial charge is 0.395 e. The van der Waals surface area contributed by atoms with E-state index in [4.69, 9.17) is 15.3 Å². The van der Waals surface area contributed by atoms with Crippen molar-refractivity contribution in [2.75, 3.05) is 13.2 Å². The van der Waals surface area contributed by atoms with Gasteiger partial charge in [0.15, 0.2) is 0 Å². The fourth-order valence-corrected chi connectivity index (χ4v) is 0.954. The van der Waals surface area contributed by atoms with Crippen molar-refractivity contribution >= 4 is 0 Å². The second kappa shape index (κ2) is 2.62. The Labute approximate surface area is 53.1 Å². The van der Waals surface area contributed by atoms with Gasteiger partial charge >= 0.3 is 0 Å². The highest BCUT2D eigenvalue weighted by Crippen LogP contribution is 2.05. The predicted octanol–water partition coefficient (Wildman–Crippen LogP) is -2.33. The van der Waals surface area contributed by atoms with Crippen LogP contribution in [0, 0.1) is 0 Å². The molecular weight excluding hydrogens is 122 g/mol. The molecule has 0 saturated carbocycles. The molecule has 0 radical (unpaired) electrons. The lowest BCUT2D eigenvalue weighted by molar-refractivity contribution is 0.0295. The highest BCUT2D eigenvalue weighted by Gasteiger charge is 2.31. The Hall–Kier alpha value is -0.160. The Kier molecular flexibility index (Phi) is 2.02. The monoisotopic (exact) mass is 133 g/mol. The Balaban J connectivity index is 2.41. The van der Waals surface area contributed by atoms with Crippen LogP contribution in [-0.2, 0) is 0 Å². The van der Waals surface area contributed by atoms with E-state index in [1.165, 1.54) is 0 Å². The SMILES string of the molecule is OCC1NCC(O)[C@@H]1O. The maximum Gasteiger partial charge on any atom is 0.0986 e. The lowest BCUT2D eigenvalue weighted by Crippen LogP contribution is -2.35. The smallest absolute Gasteiger partial charge is 0.0986 e. The molecule has 0 bridgehead atoms. The summed E-state index contributed by atoms with van der Waals surface area (Å²) in [6.07, 6.45) is -1.53. The number of nitrogens with one attached hydrogen (secondary N) is 1. The van der Waals surface area contributed by atoms with Gasteiger partial charge in [-0.3, -0.25) is 0 Å². The first-order valence-corrected chi connectivity index (χ1v) is 2.96. The first-order valence-electron chi connectivity index (χ1n) is 2.96. The summed E-state index contributed by atoms with van der Waals surface area (Å²) >= 11 is 0. The molecule has 1 fully saturated rings. The Morgan fingerprint density at radius 3 is 2.33 bits per heavy atom. The normalized spacial score (nSPS) is 43.7. The summed E-state index contributed by atoms with van der Waals surface area (Å²) in [5.41, 5.74) is 0. The van der Waals surface area contributed by atoms with Crippen LogP contribution in [0.5, 0.6) is 0 Å². The first-order chi connectivity index (χ1) is 4.25. The average Bonchev–Trinajstić information content (AvgIpc) is 2.15. The predicted molar refractivity (Wildman–Crippen MR) is 30.9 cm³/mol. The van der Waals surface area contributed by atoms with Crippen LogP contribution in [0.1, 0.15) is 0 Å². The zero-order chi connectivity index (χ0) is 6.85. The Morgan fingerprint density at radius 1 is 1.44 bits per heavy atom. The molecule has 4 N–H and O–H groups in total. The number of rotatable bonds is 1. The third-order valence-electron chi connectivity index (χ3n) is 1.59. The Bertz CT molecular complexity index is 98.2. The van der Waals surface area contributed by atoms with Gasteiger partial charge in [-0.05, 0) is 0 Å². The minimum absolute atomic E-state index is 0.127. The fourth-order valence-electron chi connectivity index (χ4n) is 0.954. The van der Waals surface area contributed by atoms with Gasteiger partial charge in [-0.1, -0.05) is 0 Å². The van der Waals surface area contributed by atoms with Crippen LogP contribution in [0.3, 0.4) is 0 Å². The van der Waals surface area contributed by atoms with Gasteiger partial charge in [0.25, 0.3) is 0 Å². The van der Waals surface area contributed by atoms with E-state index in [2.05, 4.69) is 5.32 Å². The van der Waals surface area contributed by atoms with Gasteiger partial charge in [-0.2, -0.15) is 0 Å². The third kappa shape index (κ3) is 1.21. The van der Waals surface area contributed by atoms with Gasteiger partial charge in [0.1, 0.15) is 0 Å². The van der Waals surface area contributed by atoms with Crippen LogP contribution in [0.25, 0.3) is 0 Å². The molecule has 1 saturated heterocycles. The molecule has 4 nitrogen and oxygen atoms in total. The number of hydrogen-bond donors (Lipinski definition) is 4. The molecule has 54 valence electrons. The van der Waals surface area contributed by atoms with Crippen LogP contribution >= 0.6 is 0 Å². The van der Waals surface area contributed by atoms with E-state index >= 15 is 0 Å². The van der Waals surface area contributed by atoms with E-state index in [9.17, 15) is 0 Å². The van der Waals surface area contributed by atoms with Crippen molar-refractivity contribution in [3.05, 3.63) is 0 Å². The van der Waals surface area contributed by atoms with Gasteiger partial charge in [0.2, 0.25) is 0 Å². The van der Waals surface area contributed by atoms with Gasteiger partial charge in [0.05, 0.1) is 24.9 Å². The molecule has 1 rings (SSSR count). The molecular formula is C5H11NO3. The third-order valence-corrected chi connectivity index (χ3v) is 1.59. The molecule has 0 aromatic rings. The lowest BCUT2D eigenvalue weighted by Gasteiger charge is -2.11. The summed E-state index contributed by atoms with van der Waals surface area (Å²) in [5.74, 6) is 0. The minimum Gasteiger partial charge on any atom is -0.395 e. The second-order valence-corrected chi connectivity index (χ2v) is 2.26. The van der Waals surface area contributed by atoms with E-state index in [0.717, 1.165) is 0 Å². The molecule has 0 amide bonds. The molecule has 4 heteroatoms. The summed E-state index contributed by atoms with van der Waals surface area (Å²) < 4.78 is 0. The van der Waals surface area contributed by atoms with E-state index in [0.29, 0.717) is 6.54 Å². The average molecular weight is 133 g/mol. The van der Waals surface area contributed by atoms with Crippen molar-refractivity contribution in [1.29, 1.82) is 0 Å². The molecule has 1 aliphatic heterocycles. The van der Waals surface area contributed by atoms with Gasteiger partial charge in [-0.15, -0.1) is 0 Å². The van der Waals surface area contributed by atoms with Crippen molar-refractivity contribution in [2.24, 2.45) is 0 Å². The van der Waals surface area contributed by atoms with Gasteiger partial charge in [-0.25, -0.2) is 0 Å². The summed E-state index contributed by atoms with van der Waals surface area (Å²) in [6.45, 7) is 0.241. The maximum absolute atomic E-state index is 8.98. The number of aliphatic hydroxyl groups excluding tert-OH is 3. The summed E-state index contributed by atoms with van der Waals surface area (Å²) in [6, 6.07) is -0.347. The standard InChI is InChI=1S/C5H11NO3/c7-2-3-5(9)4(8)1-6-3/h3-9H,1-2H2/t3?,4?,5-/m1/s1. The van der Waals surface area contributed by atoms with Crippen LogP contribution in [0.15, 0.2) is 0 Å². The van der Waals surface area contributed by atoms with Crippen molar-refractivity contribution in [1.82, 2.24) is 5.32 Å². The van der Waals surface area contributed by atoms with Crippen molar-refractivity contribution in [3.63, 3.8) is 0 Å². The van der Waals surface area contributed by atoms with Crippen LogP contribution < -0.4 is 5.32 Å². The quantitative estimate of drug-likeness (QED) is 0.324. The minimum atomic E-state index is -0.810. The lowest BCUT2D eigenvalue weighted by atomic mass is 10.1. The molecule has 2 unspecified atom stereocenters.